The van der Waals surface area contributed by atoms with Gasteiger partial charge in [-0.3, -0.25) is 9.59 Å². The Morgan fingerprint density at radius 2 is 1.93 bits per heavy atom. The van der Waals surface area contributed by atoms with Crippen LogP contribution in [0.15, 0.2) is 15.0 Å². The van der Waals surface area contributed by atoms with Crippen molar-refractivity contribution < 1.29 is 14.0 Å². The Bertz CT molecular complexity index is 480. The summed E-state index contributed by atoms with van der Waals surface area (Å²) >= 11 is 3.03. The maximum atomic E-state index is 11.6. The second-order valence-electron chi connectivity index (χ2n) is 3.17. The summed E-state index contributed by atoms with van der Waals surface area (Å²) in [6, 6.07) is 0. The molecule has 0 aromatic carbocycles. The number of Topliss-reactive ketones (excluding diaryl/α,β-unsaturated/α-hetero) is 1. The van der Waals surface area contributed by atoms with Crippen LogP contribution in [0.3, 0.4) is 0 Å². The second kappa shape index (κ2) is 2.92. The third-order valence-electron chi connectivity index (χ3n) is 2.31. The molecule has 0 saturated carbocycles. The van der Waals surface area contributed by atoms with E-state index in [9.17, 15) is 9.59 Å². The van der Waals surface area contributed by atoms with E-state index in [2.05, 4.69) is 15.9 Å². The molecule has 0 amide bonds. The SMILES string of the molecule is Cc1oc2c(c1C)C(=O)C=C(Br)C2=O. The molecular formula is C10H7BrO3. The Hall–Kier alpha value is -1.16. The fourth-order valence-electron chi connectivity index (χ4n) is 1.44. The first-order valence-electron chi connectivity index (χ1n) is 4.08. The molecule has 0 radical (unpaired) electrons. The highest BCUT2D eigenvalue weighted by atomic mass is 79.9. The summed E-state index contributed by atoms with van der Waals surface area (Å²) in [5.41, 5.74) is 1.14. The number of hydrogen-bond donors (Lipinski definition) is 0. The average Bonchev–Trinajstić information content (AvgIpc) is 2.40. The molecule has 0 saturated heterocycles. The maximum Gasteiger partial charge on any atom is 0.236 e. The largest absolute Gasteiger partial charge is 0.457 e. The molecule has 14 heavy (non-hydrogen) atoms. The zero-order valence-corrected chi connectivity index (χ0v) is 9.27. The van der Waals surface area contributed by atoms with Crippen molar-refractivity contribution in [3.63, 3.8) is 0 Å². The van der Waals surface area contributed by atoms with Crippen LogP contribution in [0, 0.1) is 13.8 Å². The molecule has 1 aliphatic carbocycles. The summed E-state index contributed by atoms with van der Waals surface area (Å²) in [6.45, 7) is 3.51. The normalized spacial score (nSPS) is 15.5. The van der Waals surface area contributed by atoms with Crippen LogP contribution < -0.4 is 0 Å². The maximum absolute atomic E-state index is 11.6. The lowest BCUT2D eigenvalue weighted by Gasteiger charge is -2.04. The van der Waals surface area contributed by atoms with Crippen molar-refractivity contribution in [2.24, 2.45) is 0 Å². The van der Waals surface area contributed by atoms with Crippen molar-refractivity contribution >= 4 is 27.5 Å². The molecule has 72 valence electrons. The van der Waals surface area contributed by atoms with Gasteiger partial charge in [0.2, 0.25) is 5.78 Å². The van der Waals surface area contributed by atoms with E-state index in [1.54, 1.807) is 13.8 Å². The smallest absolute Gasteiger partial charge is 0.236 e. The number of rotatable bonds is 0. The van der Waals surface area contributed by atoms with Crippen LogP contribution >= 0.6 is 15.9 Å². The van der Waals surface area contributed by atoms with E-state index in [1.165, 1.54) is 6.08 Å². The van der Waals surface area contributed by atoms with Crippen molar-refractivity contribution in [3.8, 4) is 0 Å². The van der Waals surface area contributed by atoms with Crippen LogP contribution in [0.1, 0.15) is 32.2 Å². The minimum Gasteiger partial charge on any atom is -0.457 e. The highest BCUT2D eigenvalue weighted by Gasteiger charge is 2.30. The summed E-state index contributed by atoms with van der Waals surface area (Å²) in [5.74, 6) is 0.323. The molecule has 0 aliphatic heterocycles. The van der Waals surface area contributed by atoms with Gasteiger partial charge in [-0.1, -0.05) is 0 Å². The molecule has 0 atom stereocenters. The molecule has 1 heterocycles. The van der Waals surface area contributed by atoms with Gasteiger partial charge < -0.3 is 4.42 Å². The molecule has 1 aromatic heterocycles. The Kier molecular flexibility index (Phi) is 1.96. The number of furan rings is 1. The van der Waals surface area contributed by atoms with Gasteiger partial charge in [0.25, 0.3) is 0 Å². The number of ketones is 2. The standard InChI is InChI=1S/C10H7BrO3/c1-4-5(2)14-10-8(4)7(12)3-6(11)9(10)13/h3H,1-2H3. The third-order valence-corrected chi connectivity index (χ3v) is 2.90. The van der Waals surface area contributed by atoms with Crippen LogP contribution in [0.25, 0.3) is 0 Å². The Labute approximate surface area is 88.9 Å². The molecule has 0 fully saturated rings. The van der Waals surface area contributed by atoms with Crippen LogP contribution in [0.4, 0.5) is 0 Å². The van der Waals surface area contributed by atoms with E-state index in [0.717, 1.165) is 5.56 Å². The van der Waals surface area contributed by atoms with Crippen LogP contribution in [0.2, 0.25) is 0 Å². The first-order valence-corrected chi connectivity index (χ1v) is 4.88. The number of carbonyl (C=O) groups is 2. The molecule has 1 aromatic rings. The summed E-state index contributed by atoms with van der Waals surface area (Å²) in [7, 11) is 0. The molecular weight excluding hydrogens is 248 g/mol. The molecule has 1 aliphatic rings. The van der Waals surface area contributed by atoms with Gasteiger partial charge >= 0.3 is 0 Å². The van der Waals surface area contributed by atoms with Crippen LogP contribution in [-0.2, 0) is 0 Å². The molecule has 3 nitrogen and oxygen atoms in total. The molecule has 0 spiro atoms. The van der Waals surface area contributed by atoms with E-state index in [1.807, 2.05) is 0 Å². The lowest BCUT2D eigenvalue weighted by atomic mass is 9.99. The number of allylic oxidation sites excluding steroid dienone is 2. The highest BCUT2D eigenvalue weighted by molar-refractivity contribution is 9.12. The minimum absolute atomic E-state index is 0.152. The van der Waals surface area contributed by atoms with Gasteiger partial charge in [-0.25, -0.2) is 0 Å². The number of aryl methyl sites for hydroxylation is 1. The quantitative estimate of drug-likeness (QED) is 0.715. The fraction of sp³-hybridized carbons (Fsp3) is 0.200. The molecule has 0 bridgehead atoms. The zero-order valence-electron chi connectivity index (χ0n) is 7.68. The van der Waals surface area contributed by atoms with Crippen molar-refractivity contribution in [2.45, 2.75) is 13.8 Å². The number of hydrogen-bond acceptors (Lipinski definition) is 3. The molecule has 0 unspecified atom stereocenters. The summed E-state index contributed by atoms with van der Waals surface area (Å²) < 4.78 is 5.50. The Morgan fingerprint density at radius 3 is 2.57 bits per heavy atom. The van der Waals surface area contributed by atoms with Crippen molar-refractivity contribution in [1.82, 2.24) is 0 Å². The van der Waals surface area contributed by atoms with Gasteiger partial charge in [0.15, 0.2) is 11.5 Å². The van der Waals surface area contributed by atoms with E-state index in [4.69, 9.17) is 4.42 Å². The topological polar surface area (TPSA) is 47.3 Å². The molecule has 4 heteroatoms. The van der Waals surface area contributed by atoms with E-state index in [0.29, 0.717) is 11.3 Å². The van der Waals surface area contributed by atoms with Gasteiger partial charge in [0, 0.05) is 11.6 Å². The van der Waals surface area contributed by atoms with Crippen molar-refractivity contribution in [3.05, 3.63) is 33.2 Å². The first kappa shape index (κ1) is 9.40. The Morgan fingerprint density at radius 1 is 1.29 bits per heavy atom. The van der Waals surface area contributed by atoms with Gasteiger partial charge in [-0.15, -0.1) is 0 Å². The van der Waals surface area contributed by atoms with Crippen molar-refractivity contribution in [2.75, 3.05) is 0 Å². The van der Waals surface area contributed by atoms with Crippen LogP contribution in [-0.4, -0.2) is 11.6 Å². The number of fused-ring (bicyclic) bond motifs is 1. The molecule has 2 rings (SSSR count). The van der Waals surface area contributed by atoms with Gasteiger partial charge in [-0.05, 0) is 29.8 Å². The lowest BCUT2D eigenvalue weighted by Crippen LogP contribution is -2.12. The van der Waals surface area contributed by atoms with E-state index in [-0.39, 0.29) is 21.8 Å². The first-order chi connectivity index (χ1) is 6.52. The van der Waals surface area contributed by atoms with Gasteiger partial charge in [-0.2, -0.15) is 0 Å². The number of carbonyl (C=O) groups excluding carboxylic acids is 2. The second-order valence-corrected chi connectivity index (χ2v) is 4.03. The molecule has 0 N–H and O–H groups in total. The summed E-state index contributed by atoms with van der Waals surface area (Å²) in [5, 5.41) is 0. The van der Waals surface area contributed by atoms with Crippen molar-refractivity contribution in [1.29, 1.82) is 0 Å². The van der Waals surface area contributed by atoms with Gasteiger partial charge in [0.1, 0.15) is 5.76 Å². The predicted molar refractivity (Wildman–Crippen MR) is 53.9 cm³/mol. The van der Waals surface area contributed by atoms with Gasteiger partial charge in [0.05, 0.1) is 10.0 Å². The monoisotopic (exact) mass is 254 g/mol. The van der Waals surface area contributed by atoms with Crippen LogP contribution in [0.5, 0.6) is 0 Å². The zero-order chi connectivity index (χ0) is 10.5. The Balaban J connectivity index is 2.75. The highest BCUT2D eigenvalue weighted by Crippen LogP contribution is 2.30. The minimum atomic E-state index is -0.268. The van der Waals surface area contributed by atoms with E-state index < -0.39 is 0 Å². The average molecular weight is 255 g/mol. The third kappa shape index (κ3) is 1.10. The predicted octanol–water partition coefficient (Wildman–Crippen LogP) is 2.55. The number of halogens is 1. The summed E-state index contributed by atoms with van der Waals surface area (Å²) in [6.07, 6.45) is 1.28. The van der Waals surface area contributed by atoms with E-state index >= 15 is 0 Å². The lowest BCUT2D eigenvalue weighted by molar-refractivity contribution is 0.0972. The summed E-state index contributed by atoms with van der Waals surface area (Å²) in [4.78, 5) is 23.1. The fourth-order valence-corrected chi connectivity index (χ4v) is 1.83.